The Morgan fingerprint density at radius 2 is 2.38 bits per heavy atom. The van der Waals surface area contributed by atoms with E-state index in [1.165, 1.54) is 11.3 Å². The van der Waals surface area contributed by atoms with E-state index in [1.807, 2.05) is 5.01 Å². The van der Waals surface area contributed by atoms with Gasteiger partial charge in [-0.2, -0.15) is 0 Å². The molecule has 1 aliphatic rings. The minimum absolute atomic E-state index is 0.237. The zero-order valence-corrected chi connectivity index (χ0v) is 11.3. The van der Waals surface area contributed by atoms with Gasteiger partial charge < -0.3 is 5.32 Å². The molecule has 0 saturated carbocycles. The molecule has 3 nitrogen and oxygen atoms in total. The van der Waals surface area contributed by atoms with Gasteiger partial charge in [0.2, 0.25) is 0 Å². The van der Waals surface area contributed by atoms with Crippen LogP contribution < -0.4 is 10.7 Å². The highest BCUT2D eigenvalue weighted by atomic mass is 32.1. The molecule has 0 amide bonds. The molecule has 1 saturated heterocycles. The number of nitrogens with one attached hydrogen (secondary N) is 2. The minimum Gasteiger partial charge on any atom is -0.338 e. The van der Waals surface area contributed by atoms with Gasteiger partial charge >= 0.3 is 0 Å². The number of thiocarbonyl (C=S) groups is 1. The second-order valence-electron chi connectivity index (χ2n) is 4.15. The highest BCUT2D eigenvalue weighted by molar-refractivity contribution is 7.80. The zero-order valence-electron chi connectivity index (χ0n) is 9.62. The molecule has 0 bridgehead atoms. The third-order valence-corrected chi connectivity index (χ3v) is 4.12. The lowest BCUT2D eigenvalue weighted by Crippen LogP contribution is -2.45. The van der Waals surface area contributed by atoms with E-state index in [4.69, 9.17) is 12.2 Å². The molecule has 0 spiro atoms. The van der Waals surface area contributed by atoms with E-state index in [-0.39, 0.29) is 5.66 Å². The van der Waals surface area contributed by atoms with E-state index in [9.17, 15) is 0 Å². The van der Waals surface area contributed by atoms with Crippen LogP contribution in [-0.2, 0) is 5.66 Å². The van der Waals surface area contributed by atoms with Gasteiger partial charge in [0.25, 0.3) is 0 Å². The summed E-state index contributed by atoms with van der Waals surface area (Å²) in [6.45, 7) is 5.27. The molecule has 16 heavy (non-hydrogen) atoms. The number of thiophene rings is 1. The summed E-state index contributed by atoms with van der Waals surface area (Å²) in [5.41, 5.74) is 3.21. The van der Waals surface area contributed by atoms with Crippen LogP contribution in [0.4, 0.5) is 0 Å². The fraction of sp³-hybridized carbons (Fsp3) is 0.545. The van der Waals surface area contributed by atoms with Gasteiger partial charge in [-0.3, -0.25) is 5.01 Å². The first-order chi connectivity index (χ1) is 7.65. The smallest absolute Gasteiger partial charge is 0.185 e. The second-order valence-corrected chi connectivity index (χ2v) is 5.48. The molecule has 2 N–H and O–H groups in total. The molecule has 0 aliphatic carbocycles. The standard InChI is InChI=1S/C11H17N3S2/c1-3-4-7-14-10(15)12-11(2,13-14)9-6-5-8-16-9/h5-6,8,13H,3-4,7H2,1-2H3,(H,12,15). The van der Waals surface area contributed by atoms with Crippen molar-refractivity contribution in [1.29, 1.82) is 0 Å². The predicted octanol–water partition coefficient (Wildman–Crippen LogP) is 2.42. The molecular formula is C11H17N3S2. The average Bonchev–Trinajstić information content (AvgIpc) is 2.84. The first-order valence-corrected chi connectivity index (χ1v) is 6.86. The topological polar surface area (TPSA) is 27.3 Å². The minimum atomic E-state index is -0.237. The van der Waals surface area contributed by atoms with Crippen molar-refractivity contribution in [2.45, 2.75) is 32.4 Å². The van der Waals surface area contributed by atoms with Crippen LogP contribution in [0.2, 0.25) is 0 Å². The largest absolute Gasteiger partial charge is 0.338 e. The van der Waals surface area contributed by atoms with E-state index in [2.05, 4.69) is 42.1 Å². The summed E-state index contributed by atoms with van der Waals surface area (Å²) in [5.74, 6) is 0. The number of hydrogen-bond acceptors (Lipinski definition) is 3. The lowest BCUT2D eigenvalue weighted by molar-refractivity contribution is 0.236. The third-order valence-electron chi connectivity index (χ3n) is 2.71. The Labute approximate surface area is 106 Å². The van der Waals surface area contributed by atoms with E-state index in [0.717, 1.165) is 18.1 Å². The molecule has 88 valence electrons. The number of unbranched alkanes of at least 4 members (excludes halogenated alkanes) is 1. The lowest BCUT2D eigenvalue weighted by Gasteiger charge is -2.24. The molecule has 5 heteroatoms. The van der Waals surface area contributed by atoms with Crippen LogP contribution in [-0.4, -0.2) is 16.7 Å². The van der Waals surface area contributed by atoms with Crippen molar-refractivity contribution in [3.63, 3.8) is 0 Å². The summed E-state index contributed by atoms with van der Waals surface area (Å²) in [6, 6.07) is 4.18. The van der Waals surface area contributed by atoms with Crippen molar-refractivity contribution >= 4 is 28.7 Å². The fourth-order valence-electron chi connectivity index (χ4n) is 1.78. The molecule has 0 aromatic carbocycles. The lowest BCUT2D eigenvalue weighted by atomic mass is 10.2. The number of rotatable bonds is 4. The summed E-state index contributed by atoms with van der Waals surface area (Å²) in [7, 11) is 0. The van der Waals surface area contributed by atoms with E-state index in [1.54, 1.807) is 11.3 Å². The van der Waals surface area contributed by atoms with E-state index < -0.39 is 0 Å². The van der Waals surface area contributed by atoms with Gasteiger partial charge in [-0.15, -0.1) is 11.3 Å². The zero-order chi connectivity index (χ0) is 11.6. The van der Waals surface area contributed by atoms with Crippen LogP contribution >= 0.6 is 23.6 Å². The highest BCUT2D eigenvalue weighted by Gasteiger charge is 2.37. The van der Waals surface area contributed by atoms with E-state index >= 15 is 0 Å². The molecule has 1 aromatic heterocycles. The Morgan fingerprint density at radius 1 is 1.56 bits per heavy atom. The summed E-state index contributed by atoms with van der Waals surface area (Å²) in [4.78, 5) is 1.26. The van der Waals surface area contributed by atoms with Gasteiger partial charge in [-0.25, -0.2) is 5.43 Å². The molecule has 1 atom stereocenters. The van der Waals surface area contributed by atoms with Crippen molar-refractivity contribution in [2.24, 2.45) is 0 Å². The molecule has 1 aromatic rings. The van der Waals surface area contributed by atoms with Crippen molar-refractivity contribution in [3.8, 4) is 0 Å². The van der Waals surface area contributed by atoms with Crippen LogP contribution in [0.1, 0.15) is 31.6 Å². The summed E-state index contributed by atoms with van der Waals surface area (Å²) < 4.78 is 0. The Kier molecular flexibility index (Phi) is 3.47. The average molecular weight is 255 g/mol. The monoisotopic (exact) mass is 255 g/mol. The van der Waals surface area contributed by atoms with Gasteiger partial charge in [0.15, 0.2) is 5.11 Å². The molecule has 2 rings (SSSR count). The van der Waals surface area contributed by atoms with Crippen LogP contribution in [0.3, 0.4) is 0 Å². The van der Waals surface area contributed by atoms with Crippen molar-refractivity contribution < 1.29 is 0 Å². The molecule has 1 unspecified atom stereocenters. The summed E-state index contributed by atoms with van der Waals surface area (Å²) in [6.07, 6.45) is 2.33. The fourth-order valence-corrected chi connectivity index (χ4v) is 2.92. The number of hydrazine groups is 1. The number of hydrogen-bond donors (Lipinski definition) is 2. The highest BCUT2D eigenvalue weighted by Crippen LogP contribution is 2.26. The Balaban J connectivity index is 2.08. The summed E-state index contributed by atoms with van der Waals surface area (Å²) >= 11 is 7.07. The normalized spacial score (nSPS) is 24.9. The van der Waals surface area contributed by atoms with Crippen LogP contribution in [0.15, 0.2) is 17.5 Å². The first kappa shape index (κ1) is 11.8. The molecule has 1 aliphatic heterocycles. The Hall–Kier alpha value is -0.650. The van der Waals surface area contributed by atoms with Crippen molar-refractivity contribution in [2.75, 3.05) is 6.54 Å². The Morgan fingerprint density at radius 3 is 3.00 bits per heavy atom. The van der Waals surface area contributed by atoms with Crippen molar-refractivity contribution in [1.82, 2.24) is 15.8 Å². The maximum atomic E-state index is 5.33. The first-order valence-electron chi connectivity index (χ1n) is 5.57. The quantitative estimate of drug-likeness (QED) is 0.808. The second kappa shape index (κ2) is 4.69. The summed E-state index contributed by atoms with van der Waals surface area (Å²) in [5, 5.41) is 8.27. The molecule has 2 heterocycles. The van der Waals surface area contributed by atoms with Gasteiger partial charge in [0, 0.05) is 11.4 Å². The van der Waals surface area contributed by atoms with Gasteiger partial charge in [0.05, 0.1) is 0 Å². The van der Waals surface area contributed by atoms with Crippen LogP contribution in [0, 0.1) is 0 Å². The molecule has 0 radical (unpaired) electrons. The van der Waals surface area contributed by atoms with Crippen LogP contribution in [0.25, 0.3) is 0 Å². The molecule has 1 fully saturated rings. The van der Waals surface area contributed by atoms with Gasteiger partial charge in [0.1, 0.15) is 5.66 Å². The number of nitrogens with zero attached hydrogens (tertiary/aromatic N) is 1. The van der Waals surface area contributed by atoms with Crippen LogP contribution in [0.5, 0.6) is 0 Å². The maximum Gasteiger partial charge on any atom is 0.185 e. The van der Waals surface area contributed by atoms with E-state index in [0.29, 0.717) is 0 Å². The van der Waals surface area contributed by atoms with Gasteiger partial charge in [-0.05, 0) is 37.0 Å². The molecular weight excluding hydrogens is 238 g/mol. The third kappa shape index (κ3) is 2.21. The maximum absolute atomic E-state index is 5.33. The SMILES string of the molecule is CCCCN1NC(C)(c2cccs2)NC1=S. The van der Waals surface area contributed by atoms with Gasteiger partial charge in [-0.1, -0.05) is 19.4 Å². The van der Waals surface area contributed by atoms with Crippen molar-refractivity contribution in [3.05, 3.63) is 22.4 Å². The Bertz CT molecular complexity index is 363. The predicted molar refractivity (Wildman–Crippen MR) is 72.2 cm³/mol.